The molecule has 2 aromatic rings. The van der Waals surface area contributed by atoms with Crippen LogP contribution in [0.15, 0.2) is 78.9 Å². The second-order valence-corrected chi connectivity index (χ2v) is 6.17. The third-order valence-electron chi connectivity index (χ3n) is 4.54. The molecule has 106 valence electrons. The molecule has 0 saturated carbocycles. The van der Waals surface area contributed by atoms with Gasteiger partial charge in [-0.2, -0.15) is 0 Å². The van der Waals surface area contributed by atoms with Crippen LogP contribution in [0.4, 0.5) is 0 Å². The minimum Gasteiger partial charge on any atom is -0.0843 e. The number of benzene rings is 2. The summed E-state index contributed by atoms with van der Waals surface area (Å²) in [5.74, 6) is 0.450. The molecule has 3 rings (SSSR count). The molecule has 0 bridgehead atoms. The fourth-order valence-corrected chi connectivity index (χ4v) is 3.31. The van der Waals surface area contributed by atoms with Crippen molar-refractivity contribution in [3.8, 4) is 0 Å². The van der Waals surface area contributed by atoms with E-state index >= 15 is 0 Å². The van der Waals surface area contributed by atoms with Gasteiger partial charge in [-0.3, -0.25) is 0 Å². The van der Waals surface area contributed by atoms with Crippen LogP contribution in [0.25, 0.3) is 0 Å². The summed E-state index contributed by atoms with van der Waals surface area (Å²) in [6, 6.07) is 19.0. The van der Waals surface area contributed by atoms with Gasteiger partial charge in [-0.1, -0.05) is 85.3 Å². The van der Waals surface area contributed by atoms with Gasteiger partial charge in [0.05, 0.1) is 0 Å². The zero-order chi connectivity index (χ0) is 14.7. The highest BCUT2D eigenvalue weighted by Gasteiger charge is 2.35. The van der Waals surface area contributed by atoms with Crippen LogP contribution < -0.4 is 0 Å². The summed E-state index contributed by atoms with van der Waals surface area (Å²) in [6.45, 7) is 2.33. The normalized spacial score (nSPS) is 20.2. The Bertz CT molecular complexity index is 652. The van der Waals surface area contributed by atoms with Crippen molar-refractivity contribution in [2.24, 2.45) is 5.92 Å². The van der Waals surface area contributed by atoms with Gasteiger partial charge in [-0.25, -0.2) is 0 Å². The molecule has 0 spiro atoms. The molecule has 0 heterocycles. The molecule has 21 heavy (non-hydrogen) atoms. The lowest BCUT2D eigenvalue weighted by atomic mass is 9.65. The zero-order valence-corrected chi connectivity index (χ0v) is 12.9. The molecule has 0 nitrogen and oxygen atoms in total. The van der Waals surface area contributed by atoms with Gasteiger partial charge >= 0.3 is 0 Å². The number of halogens is 1. The predicted octanol–water partition coefficient (Wildman–Crippen LogP) is 5.78. The van der Waals surface area contributed by atoms with E-state index in [1.165, 1.54) is 11.1 Å². The Labute approximate surface area is 131 Å². The molecular formula is C20H19Cl. The first-order chi connectivity index (χ1) is 10.2. The van der Waals surface area contributed by atoms with Crippen molar-refractivity contribution in [1.29, 1.82) is 0 Å². The summed E-state index contributed by atoms with van der Waals surface area (Å²) in [4.78, 5) is 0. The van der Waals surface area contributed by atoms with E-state index in [0.717, 1.165) is 11.4 Å². The highest BCUT2D eigenvalue weighted by Crippen LogP contribution is 2.42. The second-order valence-electron chi connectivity index (χ2n) is 5.73. The average Bonchev–Trinajstić information content (AvgIpc) is 2.56. The molecule has 0 saturated heterocycles. The molecular weight excluding hydrogens is 276 g/mol. The van der Waals surface area contributed by atoms with Crippen molar-refractivity contribution in [2.75, 3.05) is 0 Å². The van der Waals surface area contributed by atoms with Gasteiger partial charge in [0, 0.05) is 10.4 Å². The largest absolute Gasteiger partial charge is 0.0843 e. The number of hydrogen-bond acceptors (Lipinski definition) is 0. The van der Waals surface area contributed by atoms with Crippen molar-refractivity contribution in [2.45, 2.75) is 18.8 Å². The van der Waals surface area contributed by atoms with Crippen molar-refractivity contribution >= 4 is 11.6 Å². The Morgan fingerprint density at radius 2 is 1.57 bits per heavy atom. The van der Waals surface area contributed by atoms with Gasteiger partial charge in [0.1, 0.15) is 0 Å². The van der Waals surface area contributed by atoms with E-state index in [-0.39, 0.29) is 5.41 Å². The molecule has 1 aliphatic rings. The van der Waals surface area contributed by atoms with Crippen LogP contribution in [0.3, 0.4) is 0 Å². The van der Waals surface area contributed by atoms with E-state index in [1.54, 1.807) is 0 Å². The summed E-state index contributed by atoms with van der Waals surface area (Å²) < 4.78 is 0. The van der Waals surface area contributed by atoms with Crippen LogP contribution in [-0.4, -0.2) is 0 Å². The minimum absolute atomic E-state index is 0.0485. The van der Waals surface area contributed by atoms with Crippen LogP contribution in [0.1, 0.15) is 24.5 Å². The van der Waals surface area contributed by atoms with Crippen LogP contribution >= 0.6 is 11.6 Å². The third-order valence-corrected chi connectivity index (χ3v) is 4.79. The number of allylic oxidation sites excluding steroid dienone is 4. The first kappa shape index (κ1) is 14.2. The standard InChI is InChI=1S/C20H19Cl/c1-20(16-8-4-2-5-9-16,17-10-6-3-7-11-17)18-12-14-19(21)15-13-18/h2-10,12-15,17H,11H2,1H3. The molecule has 2 aromatic carbocycles. The van der Waals surface area contributed by atoms with Crippen LogP contribution in [0.5, 0.6) is 0 Å². The monoisotopic (exact) mass is 294 g/mol. The fourth-order valence-electron chi connectivity index (χ4n) is 3.18. The van der Waals surface area contributed by atoms with Crippen molar-refractivity contribution in [3.05, 3.63) is 95.1 Å². The van der Waals surface area contributed by atoms with Gasteiger partial charge in [-0.15, -0.1) is 0 Å². The Morgan fingerprint density at radius 1 is 0.905 bits per heavy atom. The van der Waals surface area contributed by atoms with Crippen LogP contribution in [0, 0.1) is 5.92 Å². The SMILES string of the molecule is CC(c1ccccc1)(c1ccc(Cl)cc1)C1C=CC=CC1. The lowest BCUT2D eigenvalue weighted by molar-refractivity contribution is 0.415. The topological polar surface area (TPSA) is 0 Å². The molecule has 2 unspecified atom stereocenters. The first-order valence-electron chi connectivity index (χ1n) is 7.36. The van der Waals surface area contributed by atoms with Crippen LogP contribution in [0.2, 0.25) is 5.02 Å². The molecule has 0 amide bonds. The van der Waals surface area contributed by atoms with Crippen molar-refractivity contribution < 1.29 is 0 Å². The van der Waals surface area contributed by atoms with Gasteiger partial charge in [0.25, 0.3) is 0 Å². The summed E-state index contributed by atoms with van der Waals surface area (Å²) in [5.41, 5.74) is 2.60. The van der Waals surface area contributed by atoms with Gasteiger partial charge < -0.3 is 0 Å². The average molecular weight is 295 g/mol. The van der Waals surface area contributed by atoms with Gasteiger partial charge in [0.2, 0.25) is 0 Å². The Morgan fingerprint density at radius 3 is 2.19 bits per heavy atom. The lowest BCUT2D eigenvalue weighted by Gasteiger charge is -2.38. The Balaban J connectivity index is 2.12. The van der Waals surface area contributed by atoms with E-state index in [4.69, 9.17) is 11.6 Å². The highest BCUT2D eigenvalue weighted by molar-refractivity contribution is 6.30. The molecule has 0 radical (unpaired) electrons. The molecule has 1 heteroatoms. The van der Waals surface area contributed by atoms with E-state index in [9.17, 15) is 0 Å². The van der Waals surface area contributed by atoms with Gasteiger partial charge in [0.15, 0.2) is 0 Å². The van der Waals surface area contributed by atoms with Crippen molar-refractivity contribution in [3.63, 3.8) is 0 Å². The lowest BCUT2D eigenvalue weighted by Crippen LogP contribution is -2.32. The maximum Gasteiger partial charge on any atom is 0.0406 e. The summed E-state index contributed by atoms with van der Waals surface area (Å²) >= 11 is 6.07. The third kappa shape index (κ3) is 2.69. The molecule has 1 aliphatic carbocycles. The van der Waals surface area contributed by atoms with E-state index < -0.39 is 0 Å². The fraction of sp³-hybridized carbons (Fsp3) is 0.200. The summed E-state index contributed by atoms with van der Waals surface area (Å²) in [7, 11) is 0. The maximum absolute atomic E-state index is 6.07. The molecule has 0 fully saturated rings. The molecule has 2 atom stereocenters. The maximum atomic E-state index is 6.07. The van der Waals surface area contributed by atoms with E-state index in [2.05, 4.69) is 73.7 Å². The summed E-state index contributed by atoms with van der Waals surface area (Å²) in [5, 5.41) is 0.785. The molecule has 0 N–H and O–H groups in total. The first-order valence-corrected chi connectivity index (χ1v) is 7.74. The Hall–Kier alpha value is -1.79. The van der Waals surface area contributed by atoms with Crippen LogP contribution in [-0.2, 0) is 5.41 Å². The molecule has 0 aliphatic heterocycles. The quantitative estimate of drug-likeness (QED) is 0.673. The second kappa shape index (κ2) is 5.91. The number of rotatable bonds is 3. The smallest absolute Gasteiger partial charge is 0.0406 e. The molecule has 0 aromatic heterocycles. The van der Waals surface area contributed by atoms with Crippen molar-refractivity contribution in [1.82, 2.24) is 0 Å². The predicted molar refractivity (Wildman–Crippen MR) is 90.7 cm³/mol. The summed E-state index contributed by atoms with van der Waals surface area (Å²) in [6.07, 6.45) is 9.92. The van der Waals surface area contributed by atoms with E-state index in [1.807, 2.05) is 12.1 Å². The highest BCUT2D eigenvalue weighted by atomic mass is 35.5. The number of hydrogen-bond donors (Lipinski definition) is 0. The minimum atomic E-state index is -0.0485. The van der Waals surface area contributed by atoms with Gasteiger partial charge in [-0.05, 0) is 35.6 Å². The zero-order valence-electron chi connectivity index (χ0n) is 12.2. The Kier molecular flexibility index (Phi) is 3.98. The van der Waals surface area contributed by atoms with E-state index in [0.29, 0.717) is 5.92 Å².